The van der Waals surface area contributed by atoms with Gasteiger partial charge in [0.25, 0.3) is 5.91 Å². The number of ether oxygens (including phenoxy) is 1. The van der Waals surface area contributed by atoms with Gasteiger partial charge in [-0.25, -0.2) is 9.67 Å². The van der Waals surface area contributed by atoms with Crippen LogP contribution in [0, 0.1) is 6.92 Å². The highest BCUT2D eigenvalue weighted by molar-refractivity contribution is 5.92. The second-order valence-corrected chi connectivity index (χ2v) is 6.88. The molecule has 1 amide bonds. The topological polar surface area (TPSA) is 86.9 Å². The molecule has 0 fully saturated rings. The molecule has 8 heteroatoms. The first-order chi connectivity index (χ1) is 14.6. The molecule has 1 N–H and O–H groups in total. The van der Waals surface area contributed by atoms with E-state index in [2.05, 4.69) is 20.5 Å². The van der Waals surface area contributed by atoms with Crippen molar-refractivity contribution in [1.82, 2.24) is 29.9 Å². The summed E-state index contributed by atoms with van der Waals surface area (Å²) in [7, 11) is 1.61. The monoisotopic (exact) mass is 402 g/mol. The van der Waals surface area contributed by atoms with Crippen LogP contribution in [-0.2, 0) is 6.54 Å². The number of benzene rings is 2. The number of hydrogen-bond acceptors (Lipinski definition) is 5. The summed E-state index contributed by atoms with van der Waals surface area (Å²) in [5.74, 6) is 0.415. The quantitative estimate of drug-likeness (QED) is 0.514. The number of aryl methyl sites for hydroxylation is 1. The number of carbonyl (C=O) groups excluding carboxylic acids is 1. The molecule has 8 nitrogen and oxygen atoms in total. The van der Waals surface area contributed by atoms with Crippen molar-refractivity contribution in [1.29, 1.82) is 0 Å². The lowest BCUT2D eigenvalue weighted by Gasteiger charge is -2.18. The second-order valence-electron chi connectivity index (χ2n) is 6.88. The Morgan fingerprint density at radius 2 is 2.00 bits per heavy atom. The first-order valence-corrected chi connectivity index (χ1v) is 9.53. The maximum atomic E-state index is 13.0. The number of nitrogens with one attached hydrogen (secondary N) is 1. The molecule has 0 saturated heterocycles. The zero-order valence-corrected chi connectivity index (χ0v) is 16.8. The zero-order valence-electron chi connectivity index (χ0n) is 16.8. The summed E-state index contributed by atoms with van der Waals surface area (Å²) < 4.78 is 8.77. The van der Waals surface area contributed by atoms with Gasteiger partial charge in [0, 0.05) is 6.20 Å². The molecule has 1 unspecified atom stereocenters. The molecule has 0 aliphatic carbocycles. The van der Waals surface area contributed by atoms with E-state index in [-0.39, 0.29) is 11.9 Å². The SMILES string of the molecule is COc1ccc(C)cc1-n1ccc(C(=O)NC(Cn2cncn2)c2ccccc2)n1. The van der Waals surface area contributed by atoms with E-state index in [1.165, 1.54) is 6.33 Å². The fourth-order valence-corrected chi connectivity index (χ4v) is 3.22. The highest BCUT2D eigenvalue weighted by Gasteiger charge is 2.19. The van der Waals surface area contributed by atoms with Gasteiger partial charge in [-0.3, -0.25) is 9.48 Å². The summed E-state index contributed by atoms with van der Waals surface area (Å²) in [6.07, 6.45) is 4.85. The minimum atomic E-state index is -0.279. The summed E-state index contributed by atoms with van der Waals surface area (Å²) in [6.45, 7) is 2.46. The molecule has 30 heavy (non-hydrogen) atoms. The molecule has 0 spiro atoms. The average molecular weight is 402 g/mol. The summed E-state index contributed by atoms with van der Waals surface area (Å²) in [5, 5.41) is 11.7. The predicted octanol–water partition coefficient (Wildman–Crippen LogP) is 2.95. The third-order valence-electron chi connectivity index (χ3n) is 4.75. The molecule has 0 aliphatic rings. The van der Waals surface area contributed by atoms with E-state index in [0.29, 0.717) is 18.0 Å². The van der Waals surface area contributed by atoms with Crippen LogP contribution in [0.25, 0.3) is 5.69 Å². The Hall–Kier alpha value is -3.94. The van der Waals surface area contributed by atoms with Crippen LogP contribution in [0.1, 0.15) is 27.7 Å². The first-order valence-electron chi connectivity index (χ1n) is 9.53. The van der Waals surface area contributed by atoms with E-state index in [0.717, 1.165) is 16.8 Å². The van der Waals surface area contributed by atoms with E-state index in [1.807, 2.05) is 55.5 Å². The highest BCUT2D eigenvalue weighted by Crippen LogP contribution is 2.23. The third kappa shape index (κ3) is 4.22. The normalized spacial score (nSPS) is 11.8. The van der Waals surface area contributed by atoms with Crippen molar-refractivity contribution in [2.45, 2.75) is 19.5 Å². The molecule has 0 radical (unpaired) electrons. The van der Waals surface area contributed by atoms with Gasteiger partial charge < -0.3 is 10.1 Å². The second kappa shape index (κ2) is 8.60. The van der Waals surface area contributed by atoms with Crippen LogP contribution >= 0.6 is 0 Å². The maximum Gasteiger partial charge on any atom is 0.272 e. The van der Waals surface area contributed by atoms with Gasteiger partial charge in [-0.05, 0) is 36.2 Å². The van der Waals surface area contributed by atoms with Crippen LogP contribution < -0.4 is 10.1 Å². The maximum absolute atomic E-state index is 13.0. The van der Waals surface area contributed by atoms with Crippen molar-refractivity contribution >= 4 is 5.91 Å². The number of rotatable bonds is 7. The van der Waals surface area contributed by atoms with Crippen molar-refractivity contribution in [3.05, 3.63) is 90.3 Å². The van der Waals surface area contributed by atoms with E-state index in [4.69, 9.17) is 4.74 Å². The van der Waals surface area contributed by atoms with E-state index < -0.39 is 0 Å². The number of hydrogen-bond donors (Lipinski definition) is 1. The molecular formula is C22H22N6O2. The Balaban J connectivity index is 1.57. The number of carbonyl (C=O) groups is 1. The van der Waals surface area contributed by atoms with Gasteiger partial charge in [0.2, 0.25) is 0 Å². The molecular weight excluding hydrogens is 380 g/mol. The van der Waals surface area contributed by atoms with Crippen LogP contribution in [0.15, 0.2) is 73.4 Å². The molecule has 2 aromatic heterocycles. The molecule has 2 aromatic carbocycles. The highest BCUT2D eigenvalue weighted by atomic mass is 16.5. The lowest BCUT2D eigenvalue weighted by Crippen LogP contribution is -2.32. The number of aromatic nitrogens is 5. The molecule has 152 valence electrons. The van der Waals surface area contributed by atoms with Gasteiger partial charge in [0.15, 0.2) is 5.69 Å². The van der Waals surface area contributed by atoms with Crippen molar-refractivity contribution in [2.24, 2.45) is 0 Å². The van der Waals surface area contributed by atoms with E-state index in [1.54, 1.807) is 35.1 Å². The van der Waals surface area contributed by atoms with Crippen LogP contribution in [0.2, 0.25) is 0 Å². The Morgan fingerprint density at radius 1 is 1.17 bits per heavy atom. The number of amides is 1. The average Bonchev–Trinajstić information content (AvgIpc) is 3.46. The molecule has 4 aromatic rings. The van der Waals surface area contributed by atoms with Crippen LogP contribution in [0.3, 0.4) is 0 Å². The molecule has 2 heterocycles. The first kappa shape index (κ1) is 19.4. The molecule has 1 atom stereocenters. The van der Waals surface area contributed by atoms with Crippen LogP contribution in [-0.4, -0.2) is 37.6 Å². The smallest absolute Gasteiger partial charge is 0.272 e. The van der Waals surface area contributed by atoms with Crippen LogP contribution in [0.5, 0.6) is 5.75 Å². The van der Waals surface area contributed by atoms with Crippen molar-refractivity contribution < 1.29 is 9.53 Å². The van der Waals surface area contributed by atoms with Crippen molar-refractivity contribution in [3.8, 4) is 11.4 Å². The van der Waals surface area contributed by atoms with Crippen molar-refractivity contribution in [2.75, 3.05) is 7.11 Å². The summed E-state index contributed by atoms with van der Waals surface area (Å²) >= 11 is 0. The Labute approximate surface area is 174 Å². The molecule has 4 rings (SSSR count). The minimum Gasteiger partial charge on any atom is -0.494 e. The van der Waals surface area contributed by atoms with Gasteiger partial charge in [-0.15, -0.1) is 0 Å². The fourth-order valence-electron chi connectivity index (χ4n) is 3.22. The minimum absolute atomic E-state index is 0.269. The van der Waals surface area contributed by atoms with Crippen LogP contribution in [0.4, 0.5) is 0 Å². The molecule has 0 saturated carbocycles. The van der Waals surface area contributed by atoms with Gasteiger partial charge in [0.1, 0.15) is 24.1 Å². The molecule has 0 aliphatic heterocycles. The zero-order chi connectivity index (χ0) is 20.9. The predicted molar refractivity (Wildman–Crippen MR) is 112 cm³/mol. The van der Waals surface area contributed by atoms with Gasteiger partial charge in [0.05, 0.1) is 19.7 Å². The van der Waals surface area contributed by atoms with Gasteiger partial charge >= 0.3 is 0 Å². The Morgan fingerprint density at radius 3 is 2.73 bits per heavy atom. The fraction of sp³-hybridized carbons (Fsp3) is 0.182. The van der Waals surface area contributed by atoms with Gasteiger partial charge in [-0.2, -0.15) is 10.2 Å². The van der Waals surface area contributed by atoms with Gasteiger partial charge in [-0.1, -0.05) is 36.4 Å². The summed E-state index contributed by atoms with van der Waals surface area (Å²) in [5.41, 5.74) is 3.14. The Kier molecular flexibility index (Phi) is 5.56. The number of methoxy groups -OCH3 is 1. The lowest BCUT2D eigenvalue weighted by atomic mass is 10.1. The third-order valence-corrected chi connectivity index (χ3v) is 4.75. The van der Waals surface area contributed by atoms with E-state index >= 15 is 0 Å². The lowest BCUT2D eigenvalue weighted by molar-refractivity contribution is 0.0926. The van der Waals surface area contributed by atoms with Crippen molar-refractivity contribution in [3.63, 3.8) is 0 Å². The Bertz CT molecular complexity index is 1120. The van der Waals surface area contributed by atoms with E-state index in [9.17, 15) is 4.79 Å². The molecule has 0 bridgehead atoms. The summed E-state index contributed by atoms with van der Waals surface area (Å²) in [6, 6.07) is 17.0. The largest absolute Gasteiger partial charge is 0.494 e. The standard InChI is InChI=1S/C22H22N6O2/c1-16-8-9-21(30-2)20(12-16)28-11-10-18(26-28)22(29)25-19(13-27-15-23-14-24-27)17-6-4-3-5-7-17/h3-12,14-15,19H,13H2,1-2H3,(H,25,29). The number of nitrogens with zero attached hydrogens (tertiary/aromatic N) is 5. The summed E-state index contributed by atoms with van der Waals surface area (Å²) in [4.78, 5) is 16.9.